The molecule has 7 nitrogen and oxygen atoms in total. The van der Waals surface area contributed by atoms with E-state index >= 15 is 0 Å². The summed E-state index contributed by atoms with van der Waals surface area (Å²) in [5.41, 5.74) is 1.88. The maximum atomic E-state index is 9.72. The molecule has 2 fully saturated rings. The number of ether oxygens (including phenoxy) is 1. The molecule has 0 amide bonds. The van der Waals surface area contributed by atoms with Crippen LogP contribution in [0.4, 0.5) is 5.82 Å². The molecule has 4 heterocycles. The lowest BCUT2D eigenvalue weighted by Gasteiger charge is -2.40. The molecule has 2 atom stereocenters. The van der Waals surface area contributed by atoms with Gasteiger partial charge in [-0.25, -0.2) is 0 Å². The molecule has 2 aromatic rings. The van der Waals surface area contributed by atoms with Crippen molar-refractivity contribution in [2.45, 2.75) is 12.1 Å². The standard InChI is InChI=1S/C17H21N5O2/c23-16-11-24-10-15(16)19-7-12-8-22(9-12)17-2-1-14(20-21-17)13-3-5-18-6-4-13/h1-6,12,15-16,19,23H,7-11H2. The van der Waals surface area contributed by atoms with Crippen LogP contribution in [0.1, 0.15) is 0 Å². The molecule has 7 heteroatoms. The van der Waals surface area contributed by atoms with Gasteiger partial charge in [-0.15, -0.1) is 10.2 Å². The third-order valence-electron chi connectivity index (χ3n) is 4.63. The lowest BCUT2D eigenvalue weighted by atomic mass is 9.99. The summed E-state index contributed by atoms with van der Waals surface area (Å²) in [5, 5.41) is 21.8. The molecule has 2 unspecified atom stereocenters. The lowest BCUT2D eigenvalue weighted by molar-refractivity contribution is 0.121. The Bertz CT molecular complexity index is 660. The predicted octanol–water partition coefficient (Wildman–Crippen LogP) is 0.324. The van der Waals surface area contributed by atoms with Crippen LogP contribution >= 0.6 is 0 Å². The molecule has 0 bridgehead atoms. The van der Waals surface area contributed by atoms with Gasteiger partial charge in [0.05, 0.1) is 31.1 Å². The van der Waals surface area contributed by atoms with Crippen molar-refractivity contribution in [2.75, 3.05) is 37.7 Å². The normalized spacial score (nSPS) is 24.1. The molecule has 126 valence electrons. The Morgan fingerprint density at radius 1 is 1.12 bits per heavy atom. The first kappa shape index (κ1) is 15.4. The first-order valence-corrected chi connectivity index (χ1v) is 8.28. The highest BCUT2D eigenvalue weighted by Gasteiger charge is 2.31. The van der Waals surface area contributed by atoms with Crippen LogP contribution < -0.4 is 10.2 Å². The zero-order valence-corrected chi connectivity index (χ0v) is 13.4. The van der Waals surface area contributed by atoms with Crippen molar-refractivity contribution in [2.24, 2.45) is 5.92 Å². The molecule has 4 rings (SSSR count). The molecular formula is C17H21N5O2. The molecule has 0 aromatic carbocycles. The van der Waals surface area contributed by atoms with Gasteiger partial charge in [-0.05, 0) is 24.3 Å². The van der Waals surface area contributed by atoms with E-state index in [9.17, 15) is 5.11 Å². The maximum absolute atomic E-state index is 9.72. The van der Waals surface area contributed by atoms with E-state index in [0.29, 0.717) is 19.1 Å². The zero-order valence-electron chi connectivity index (χ0n) is 13.4. The van der Waals surface area contributed by atoms with Crippen molar-refractivity contribution in [1.29, 1.82) is 0 Å². The molecule has 2 aliphatic rings. The number of nitrogens with one attached hydrogen (secondary N) is 1. The zero-order chi connectivity index (χ0) is 16.4. The summed E-state index contributed by atoms with van der Waals surface area (Å²) in [6.07, 6.45) is 3.13. The number of aromatic nitrogens is 3. The molecule has 0 saturated carbocycles. The van der Waals surface area contributed by atoms with E-state index in [2.05, 4.69) is 25.4 Å². The van der Waals surface area contributed by atoms with Gasteiger partial charge in [0.15, 0.2) is 5.82 Å². The van der Waals surface area contributed by atoms with Gasteiger partial charge in [-0.2, -0.15) is 0 Å². The maximum Gasteiger partial charge on any atom is 0.151 e. The number of pyridine rings is 1. The Kier molecular flexibility index (Phi) is 4.38. The quantitative estimate of drug-likeness (QED) is 0.818. The third-order valence-corrected chi connectivity index (χ3v) is 4.63. The summed E-state index contributed by atoms with van der Waals surface area (Å²) in [6, 6.07) is 7.93. The fourth-order valence-electron chi connectivity index (χ4n) is 3.11. The van der Waals surface area contributed by atoms with E-state index in [1.54, 1.807) is 12.4 Å². The van der Waals surface area contributed by atoms with Crippen LogP contribution in [0.2, 0.25) is 0 Å². The topological polar surface area (TPSA) is 83.4 Å². The summed E-state index contributed by atoms with van der Waals surface area (Å²) in [4.78, 5) is 6.23. The molecule has 2 aromatic heterocycles. The average Bonchev–Trinajstić information content (AvgIpc) is 3.00. The minimum absolute atomic E-state index is 0.0680. The Morgan fingerprint density at radius 3 is 2.62 bits per heavy atom. The summed E-state index contributed by atoms with van der Waals surface area (Å²) in [6.45, 7) is 3.84. The second-order valence-corrected chi connectivity index (χ2v) is 6.40. The van der Waals surface area contributed by atoms with E-state index < -0.39 is 0 Å². The Morgan fingerprint density at radius 2 is 1.96 bits per heavy atom. The number of rotatable bonds is 5. The second kappa shape index (κ2) is 6.80. The van der Waals surface area contributed by atoms with Crippen LogP contribution in [0, 0.1) is 5.92 Å². The SMILES string of the molecule is OC1COCC1NCC1CN(c2ccc(-c3ccncc3)nn2)C1. The van der Waals surface area contributed by atoms with Gasteiger partial charge in [0.25, 0.3) is 0 Å². The Balaban J connectivity index is 1.28. The minimum Gasteiger partial charge on any atom is -0.389 e. The van der Waals surface area contributed by atoms with E-state index in [4.69, 9.17) is 4.74 Å². The summed E-state index contributed by atoms with van der Waals surface area (Å²) in [7, 11) is 0. The van der Waals surface area contributed by atoms with Crippen molar-refractivity contribution in [1.82, 2.24) is 20.5 Å². The van der Waals surface area contributed by atoms with Gasteiger partial charge in [0.1, 0.15) is 0 Å². The van der Waals surface area contributed by atoms with Crippen LogP contribution in [0.15, 0.2) is 36.7 Å². The molecule has 0 spiro atoms. The number of aliphatic hydroxyl groups is 1. The monoisotopic (exact) mass is 327 g/mol. The van der Waals surface area contributed by atoms with E-state index in [1.165, 1.54) is 0 Å². The molecule has 2 N–H and O–H groups in total. The molecule has 24 heavy (non-hydrogen) atoms. The number of hydrogen-bond donors (Lipinski definition) is 2. The van der Waals surface area contributed by atoms with Crippen LogP contribution in [0.5, 0.6) is 0 Å². The van der Waals surface area contributed by atoms with Crippen molar-refractivity contribution in [3.05, 3.63) is 36.7 Å². The third kappa shape index (κ3) is 3.24. The average molecular weight is 327 g/mol. The van der Waals surface area contributed by atoms with Gasteiger partial charge in [-0.1, -0.05) is 0 Å². The molecule has 2 saturated heterocycles. The van der Waals surface area contributed by atoms with Gasteiger partial charge < -0.3 is 20.1 Å². The largest absolute Gasteiger partial charge is 0.389 e. The predicted molar refractivity (Wildman–Crippen MR) is 89.6 cm³/mol. The summed E-state index contributed by atoms with van der Waals surface area (Å²) < 4.78 is 5.25. The van der Waals surface area contributed by atoms with Crippen molar-refractivity contribution in [3.63, 3.8) is 0 Å². The number of nitrogens with zero attached hydrogens (tertiary/aromatic N) is 4. The van der Waals surface area contributed by atoms with Gasteiger partial charge in [0, 0.05) is 43.5 Å². The molecule has 2 aliphatic heterocycles. The molecule has 0 aliphatic carbocycles. The second-order valence-electron chi connectivity index (χ2n) is 6.40. The highest BCUT2D eigenvalue weighted by Crippen LogP contribution is 2.24. The summed E-state index contributed by atoms with van der Waals surface area (Å²) in [5.74, 6) is 1.48. The van der Waals surface area contributed by atoms with Crippen molar-refractivity contribution >= 4 is 5.82 Å². The Labute approximate surface area is 140 Å². The molecule has 0 radical (unpaired) electrons. The number of anilines is 1. The van der Waals surface area contributed by atoms with E-state index in [1.807, 2.05) is 24.3 Å². The van der Waals surface area contributed by atoms with Gasteiger partial charge in [0.2, 0.25) is 0 Å². The number of aliphatic hydroxyl groups excluding tert-OH is 1. The minimum atomic E-state index is -0.382. The van der Waals surface area contributed by atoms with E-state index in [-0.39, 0.29) is 12.1 Å². The van der Waals surface area contributed by atoms with E-state index in [0.717, 1.165) is 36.7 Å². The molecular weight excluding hydrogens is 306 g/mol. The van der Waals surface area contributed by atoms with Crippen LogP contribution in [0.3, 0.4) is 0 Å². The highest BCUT2D eigenvalue weighted by atomic mass is 16.5. The highest BCUT2D eigenvalue weighted by molar-refractivity contribution is 5.59. The van der Waals surface area contributed by atoms with Crippen molar-refractivity contribution < 1.29 is 9.84 Å². The lowest BCUT2D eigenvalue weighted by Crippen LogP contribution is -2.53. The van der Waals surface area contributed by atoms with Crippen LogP contribution in [-0.4, -0.2) is 65.3 Å². The fourth-order valence-corrected chi connectivity index (χ4v) is 3.11. The van der Waals surface area contributed by atoms with Crippen LogP contribution in [-0.2, 0) is 4.74 Å². The van der Waals surface area contributed by atoms with Gasteiger partial charge >= 0.3 is 0 Å². The van der Waals surface area contributed by atoms with Gasteiger partial charge in [-0.3, -0.25) is 4.98 Å². The number of hydrogen-bond acceptors (Lipinski definition) is 7. The fraction of sp³-hybridized carbons (Fsp3) is 0.471. The Hall–Kier alpha value is -2.09. The van der Waals surface area contributed by atoms with Crippen LogP contribution in [0.25, 0.3) is 11.3 Å². The first-order valence-electron chi connectivity index (χ1n) is 8.28. The smallest absolute Gasteiger partial charge is 0.151 e. The summed E-state index contributed by atoms with van der Waals surface area (Å²) >= 11 is 0. The van der Waals surface area contributed by atoms with Crippen molar-refractivity contribution in [3.8, 4) is 11.3 Å². The first-order chi connectivity index (χ1) is 11.8.